The second-order valence-corrected chi connectivity index (χ2v) is 7.04. The SMILES string of the molecule is CCc1ccc(CN2CCN(C(=O)COc3ccccc3)CC2)cc1.O=C(O)C(=O)O. The number of aliphatic carboxylic acids is 2. The van der Waals surface area contributed by atoms with E-state index >= 15 is 0 Å². The molecule has 2 aromatic carbocycles. The van der Waals surface area contributed by atoms with Crippen LogP contribution in [0.2, 0.25) is 0 Å². The molecule has 0 bridgehead atoms. The fourth-order valence-corrected chi connectivity index (χ4v) is 3.05. The van der Waals surface area contributed by atoms with Crippen molar-refractivity contribution in [2.24, 2.45) is 0 Å². The Kier molecular flexibility index (Phi) is 9.51. The van der Waals surface area contributed by atoms with E-state index in [9.17, 15) is 4.79 Å². The lowest BCUT2D eigenvalue weighted by molar-refractivity contribution is -0.159. The maximum Gasteiger partial charge on any atom is 0.414 e. The molecule has 2 N–H and O–H groups in total. The maximum absolute atomic E-state index is 12.3. The minimum absolute atomic E-state index is 0.0656. The summed E-state index contributed by atoms with van der Waals surface area (Å²) in [4.78, 5) is 34.8. The summed E-state index contributed by atoms with van der Waals surface area (Å²) < 4.78 is 5.56. The molecule has 0 atom stereocenters. The highest BCUT2D eigenvalue weighted by atomic mass is 16.5. The first-order valence-electron chi connectivity index (χ1n) is 10.1. The highest BCUT2D eigenvalue weighted by molar-refractivity contribution is 6.27. The average molecular weight is 428 g/mol. The van der Waals surface area contributed by atoms with Crippen LogP contribution >= 0.6 is 0 Å². The summed E-state index contributed by atoms with van der Waals surface area (Å²) in [6.45, 7) is 6.59. The molecule has 1 fully saturated rings. The average Bonchev–Trinajstić information content (AvgIpc) is 2.79. The monoisotopic (exact) mass is 428 g/mol. The van der Waals surface area contributed by atoms with Crippen LogP contribution in [0.4, 0.5) is 0 Å². The minimum atomic E-state index is -1.82. The Labute approximate surface area is 181 Å². The number of rotatable bonds is 6. The maximum atomic E-state index is 12.3. The van der Waals surface area contributed by atoms with Crippen LogP contribution in [-0.2, 0) is 27.3 Å². The van der Waals surface area contributed by atoms with Gasteiger partial charge in [-0.05, 0) is 29.7 Å². The number of para-hydroxylation sites is 1. The number of carboxylic acids is 2. The highest BCUT2D eigenvalue weighted by Crippen LogP contribution is 2.12. The van der Waals surface area contributed by atoms with Crippen LogP contribution in [0.3, 0.4) is 0 Å². The van der Waals surface area contributed by atoms with Gasteiger partial charge >= 0.3 is 11.9 Å². The molecule has 0 aromatic heterocycles. The van der Waals surface area contributed by atoms with Gasteiger partial charge in [-0.2, -0.15) is 0 Å². The number of nitrogens with zero attached hydrogens (tertiary/aromatic N) is 2. The van der Waals surface area contributed by atoms with Crippen molar-refractivity contribution in [3.05, 3.63) is 65.7 Å². The summed E-state index contributed by atoms with van der Waals surface area (Å²) in [6, 6.07) is 18.3. The molecule has 166 valence electrons. The number of benzene rings is 2. The van der Waals surface area contributed by atoms with Crippen molar-refractivity contribution in [2.45, 2.75) is 19.9 Å². The minimum Gasteiger partial charge on any atom is -0.484 e. The summed E-state index contributed by atoms with van der Waals surface area (Å²) in [5.41, 5.74) is 2.71. The van der Waals surface area contributed by atoms with Crippen molar-refractivity contribution in [1.29, 1.82) is 0 Å². The zero-order chi connectivity index (χ0) is 22.6. The van der Waals surface area contributed by atoms with Crippen molar-refractivity contribution in [2.75, 3.05) is 32.8 Å². The van der Waals surface area contributed by atoms with E-state index in [1.165, 1.54) is 11.1 Å². The first-order chi connectivity index (χ1) is 14.9. The third-order valence-electron chi connectivity index (χ3n) is 4.85. The van der Waals surface area contributed by atoms with Crippen molar-refractivity contribution < 1.29 is 29.3 Å². The van der Waals surface area contributed by atoms with Gasteiger partial charge in [0.2, 0.25) is 0 Å². The number of amides is 1. The van der Waals surface area contributed by atoms with Crippen molar-refractivity contribution in [1.82, 2.24) is 9.80 Å². The molecule has 1 saturated heterocycles. The molecular weight excluding hydrogens is 400 g/mol. The fourth-order valence-electron chi connectivity index (χ4n) is 3.05. The van der Waals surface area contributed by atoms with Crippen molar-refractivity contribution in [3.8, 4) is 5.75 Å². The predicted octanol–water partition coefficient (Wildman–Crippen LogP) is 2.13. The van der Waals surface area contributed by atoms with E-state index in [1.54, 1.807) is 0 Å². The van der Waals surface area contributed by atoms with Crippen LogP contribution < -0.4 is 4.74 Å². The normalized spacial score (nSPS) is 13.6. The molecule has 1 amide bonds. The molecule has 3 rings (SSSR count). The number of carbonyl (C=O) groups excluding carboxylic acids is 1. The van der Waals surface area contributed by atoms with E-state index < -0.39 is 11.9 Å². The van der Waals surface area contributed by atoms with E-state index in [-0.39, 0.29) is 12.5 Å². The Morgan fingerprint density at radius 2 is 1.39 bits per heavy atom. The van der Waals surface area contributed by atoms with Crippen LogP contribution in [-0.4, -0.2) is 70.6 Å². The summed E-state index contributed by atoms with van der Waals surface area (Å²) >= 11 is 0. The number of carboxylic acid groups (broad SMARTS) is 2. The number of ether oxygens (including phenoxy) is 1. The molecule has 0 spiro atoms. The molecule has 1 aliphatic heterocycles. The van der Waals surface area contributed by atoms with Gasteiger partial charge in [-0.3, -0.25) is 9.69 Å². The number of hydrogen-bond donors (Lipinski definition) is 2. The van der Waals surface area contributed by atoms with Crippen LogP contribution in [0.15, 0.2) is 54.6 Å². The van der Waals surface area contributed by atoms with Crippen LogP contribution in [0.25, 0.3) is 0 Å². The number of carbonyl (C=O) groups is 3. The predicted molar refractivity (Wildman–Crippen MR) is 115 cm³/mol. The molecule has 0 saturated carbocycles. The van der Waals surface area contributed by atoms with Crippen LogP contribution in [0.5, 0.6) is 5.75 Å². The third-order valence-corrected chi connectivity index (χ3v) is 4.85. The van der Waals surface area contributed by atoms with E-state index in [1.807, 2.05) is 35.2 Å². The van der Waals surface area contributed by atoms with Crippen LogP contribution in [0, 0.1) is 0 Å². The second-order valence-electron chi connectivity index (χ2n) is 7.04. The Bertz CT molecular complexity index is 834. The Morgan fingerprint density at radius 3 is 1.90 bits per heavy atom. The Balaban J connectivity index is 0.000000501. The number of aryl methyl sites for hydroxylation is 1. The first kappa shape index (κ1) is 23.9. The smallest absolute Gasteiger partial charge is 0.414 e. The van der Waals surface area contributed by atoms with E-state index in [4.69, 9.17) is 24.5 Å². The van der Waals surface area contributed by atoms with Gasteiger partial charge < -0.3 is 19.8 Å². The zero-order valence-corrected chi connectivity index (χ0v) is 17.6. The lowest BCUT2D eigenvalue weighted by Crippen LogP contribution is -2.49. The van der Waals surface area contributed by atoms with E-state index in [0.717, 1.165) is 44.9 Å². The van der Waals surface area contributed by atoms with E-state index in [0.29, 0.717) is 0 Å². The largest absolute Gasteiger partial charge is 0.484 e. The fraction of sp³-hybridized carbons (Fsp3) is 0.348. The van der Waals surface area contributed by atoms with E-state index in [2.05, 4.69) is 36.1 Å². The molecular formula is C23H28N2O6. The molecule has 31 heavy (non-hydrogen) atoms. The lowest BCUT2D eigenvalue weighted by Gasteiger charge is -2.34. The quantitative estimate of drug-likeness (QED) is 0.679. The summed E-state index contributed by atoms with van der Waals surface area (Å²) in [7, 11) is 0. The van der Waals surface area contributed by atoms with Crippen molar-refractivity contribution in [3.63, 3.8) is 0 Å². The molecule has 1 heterocycles. The molecule has 1 aliphatic rings. The summed E-state index contributed by atoms with van der Waals surface area (Å²) in [6.07, 6.45) is 1.08. The van der Waals surface area contributed by atoms with Gasteiger partial charge in [0.1, 0.15) is 5.75 Å². The highest BCUT2D eigenvalue weighted by Gasteiger charge is 2.21. The summed E-state index contributed by atoms with van der Waals surface area (Å²) in [5.74, 6) is -2.84. The van der Waals surface area contributed by atoms with Gasteiger partial charge in [-0.1, -0.05) is 49.4 Å². The summed E-state index contributed by atoms with van der Waals surface area (Å²) in [5, 5.41) is 14.8. The number of piperazine rings is 1. The Morgan fingerprint density at radius 1 is 0.839 bits per heavy atom. The topological polar surface area (TPSA) is 107 Å². The van der Waals surface area contributed by atoms with Gasteiger partial charge in [0.25, 0.3) is 5.91 Å². The molecule has 8 nitrogen and oxygen atoms in total. The first-order valence-corrected chi connectivity index (χ1v) is 10.1. The third kappa shape index (κ3) is 8.47. The molecule has 8 heteroatoms. The van der Waals surface area contributed by atoms with Crippen LogP contribution in [0.1, 0.15) is 18.1 Å². The van der Waals surface area contributed by atoms with Gasteiger partial charge in [-0.15, -0.1) is 0 Å². The molecule has 0 aliphatic carbocycles. The van der Waals surface area contributed by atoms with Crippen molar-refractivity contribution >= 4 is 17.8 Å². The zero-order valence-electron chi connectivity index (χ0n) is 17.6. The van der Waals surface area contributed by atoms with Gasteiger partial charge in [-0.25, -0.2) is 9.59 Å². The molecule has 0 radical (unpaired) electrons. The van der Waals surface area contributed by atoms with Gasteiger partial charge in [0.15, 0.2) is 6.61 Å². The second kappa shape index (κ2) is 12.3. The van der Waals surface area contributed by atoms with Gasteiger partial charge in [0.05, 0.1) is 0 Å². The number of hydrogen-bond acceptors (Lipinski definition) is 5. The standard InChI is InChI=1S/C21H26N2O2.C2H2O4/c1-2-18-8-10-19(11-9-18)16-22-12-14-23(15-13-22)21(24)17-25-20-6-4-3-5-7-20;3-1(4)2(5)6/h3-11H,2,12-17H2,1H3;(H,3,4)(H,5,6). The van der Waals surface area contributed by atoms with Gasteiger partial charge in [0, 0.05) is 32.7 Å². The molecule has 0 unspecified atom stereocenters. The lowest BCUT2D eigenvalue weighted by atomic mass is 10.1. The Hall–Kier alpha value is -3.39. The molecule has 2 aromatic rings.